The van der Waals surface area contributed by atoms with Gasteiger partial charge in [0.15, 0.2) is 0 Å². The van der Waals surface area contributed by atoms with Gasteiger partial charge in [-0.05, 0) is 48.9 Å². The molecule has 0 spiro atoms. The molecule has 0 saturated carbocycles. The highest BCUT2D eigenvalue weighted by molar-refractivity contribution is 6.46. The first-order valence-corrected chi connectivity index (χ1v) is 9.61. The first-order chi connectivity index (χ1) is 14.0. The van der Waals surface area contributed by atoms with Crippen molar-refractivity contribution >= 4 is 29.1 Å². The Morgan fingerprint density at radius 1 is 1.10 bits per heavy atom. The van der Waals surface area contributed by atoms with E-state index < -0.39 is 17.7 Å². The molecule has 1 amide bonds. The largest absolute Gasteiger partial charge is 0.507 e. The van der Waals surface area contributed by atoms with E-state index in [4.69, 9.17) is 21.1 Å². The van der Waals surface area contributed by atoms with Crippen LogP contribution < -0.4 is 4.74 Å². The Bertz CT molecular complexity index is 921. The third-order valence-electron chi connectivity index (χ3n) is 4.70. The van der Waals surface area contributed by atoms with Crippen molar-refractivity contribution in [2.75, 3.05) is 26.9 Å². The van der Waals surface area contributed by atoms with Gasteiger partial charge in [0.2, 0.25) is 0 Å². The van der Waals surface area contributed by atoms with Crippen molar-refractivity contribution in [1.29, 1.82) is 0 Å². The summed E-state index contributed by atoms with van der Waals surface area (Å²) in [5.74, 6) is -0.953. The number of rotatable bonds is 7. The lowest BCUT2D eigenvalue weighted by molar-refractivity contribution is -0.140. The maximum atomic E-state index is 12.8. The Morgan fingerprint density at radius 3 is 2.34 bits per heavy atom. The van der Waals surface area contributed by atoms with Gasteiger partial charge >= 0.3 is 0 Å². The number of amides is 1. The Labute approximate surface area is 174 Å². The van der Waals surface area contributed by atoms with Crippen molar-refractivity contribution in [3.8, 4) is 5.75 Å². The molecule has 3 rings (SSSR count). The Morgan fingerprint density at radius 2 is 1.76 bits per heavy atom. The molecule has 2 aromatic carbocycles. The van der Waals surface area contributed by atoms with Crippen LogP contribution in [0.5, 0.6) is 5.75 Å². The molecule has 2 aromatic rings. The van der Waals surface area contributed by atoms with Crippen molar-refractivity contribution in [3.05, 3.63) is 70.3 Å². The number of benzene rings is 2. The van der Waals surface area contributed by atoms with Gasteiger partial charge in [-0.3, -0.25) is 9.59 Å². The van der Waals surface area contributed by atoms with Crippen LogP contribution in [0, 0.1) is 0 Å². The Hall–Kier alpha value is -2.83. The predicted octanol–water partition coefficient (Wildman–Crippen LogP) is 3.81. The minimum atomic E-state index is -0.729. The first-order valence-electron chi connectivity index (χ1n) is 9.24. The Balaban J connectivity index is 2.10. The van der Waals surface area contributed by atoms with Crippen molar-refractivity contribution in [2.24, 2.45) is 0 Å². The summed E-state index contributed by atoms with van der Waals surface area (Å²) >= 11 is 5.92. The molecule has 1 fully saturated rings. The molecule has 1 atom stereocenters. The first kappa shape index (κ1) is 20.9. The van der Waals surface area contributed by atoms with E-state index in [0.29, 0.717) is 28.5 Å². The maximum absolute atomic E-state index is 12.8. The summed E-state index contributed by atoms with van der Waals surface area (Å²) in [6.07, 6.45) is 0. The molecule has 0 radical (unpaired) electrons. The molecule has 1 unspecified atom stereocenters. The molecule has 0 aliphatic carbocycles. The molecule has 1 aliphatic heterocycles. The van der Waals surface area contributed by atoms with Gasteiger partial charge in [-0.2, -0.15) is 0 Å². The van der Waals surface area contributed by atoms with Gasteiger partial charge in [-0.15, -0.1) is 0 Å². The molecular formula is C22H22ClNO5. The number of halogens is 1. The zero-order valence-corrected chi connectivity index (χ0v) is 17.0. The molecule has 7 heteroatoms. The fourth-order valence-corrected chi connectivity index (χ4v) is 3.45. The highest BCUT2D eigenvalue weighted by Crippen LogP contribution is 2.39. The highest BCUT2D eigenvalue weighted by Gasteiger charge is 2.45. The van der Waals surface area contributed by atoms with Crippen LogP contribution in [-0.2, 0) is 14.3 Å². The van der Waals surface area contributed by atoms with Gasteiger partial charge in [-0.25, -0.2) is 0 Å². The number of aliphatic hydroxyl groups excluding tert-OH is 1. The topological polar surface area (TPSA) is 76.1 Å². The summed E-state index contributed by atoms with van der Waals surface area (Å²) in [4.78, 5) is 26.9. The number of ketones is 1. The van der Waals surface area contributed by atoms with Gasteiger partial charge in [0.1, 0.15) is 11.5 Å². The summed E-state index contributed by atoms with van der Waals surface area (Å²) in [5.41, 5.74) is 1.15. The van der Waals surface area contributed by atoms with Gasteiger partial charge in [-0.1, -0.05) is 23.7 Å². The number of carbonyl (C=O) groups excluding carboxylic acids is 2. The molecule has 1 heterocycles. The lowest BCUT2D eigenvalue weighted by Gasteiger charge is -2.25. The number of Topliss-reactive ketones (excluding diaryl/α,β-unsaturated/α-hetero) is 1. The number of hydrogen-bond acceptors (Lipinski definition) is 5. The van der Waals surface area contributed by atoms with Crippen molar-refractivity contribution in [3.63, 3.8) is 0 Å². The number of methoxy groups -OCH3 is 1. The molecule has 6 nitrogen and oxygen atoms in total. The molecule has 29 heavy (non-hydrogen) atoms. The van der Waals surface area contributed by atoms with Crippen LogP contribution in [0.15, 0.2) is 54.1 Å². The SMILES string of the molecule is CCOc1ccc(C2/C(=C(/O)c3ccc(Cl)cc3)C(=O)C(=O)N2CCOC)cc1. The Kier molecular flexibility index (Phi) is 6.56. The van der Waals surface area contributed by atoms with E-state index in [1.165, 1.54) is 12.0 Å². The number of ether oxygens (including phenoxy) is 2. The minimum absolute atomic E-state index is 0.0394. The second-order valence-corrected chi connectivity index (χ2v) is 6.93. The van der Waals surface area contributed by atoms with E-state index in [0.717, 1.165) is 0 Å². The zero-order chi connectivity index (χ0) is 21.0. The molecule has 1 aliphatic rings. The number of aliphatic hydroxyl groups is 1. The highest BCUT2D eigenvalue weighted by atomic mass is 35.5. The predicted molar refractivity (Wildman–Crippen MR) is 110 cm³/mol. The van der Waals surface area contributed by atoms with Crippen LogP contribution in [0.25, 0.3) is 5.76 Å². The fourth-order valence-electron chi connectivity index (χ4n) is 3.32. The second-order valence-electron chi connectivity index (χ2n) is 6.49. The monoisotopic (exact) mass is 415 g/mol. The van der Waals surface area contributed by atoms with E-state index in [1.807, 2.05) is 6.92 Å². The van der Waals surface area contributed by atoms with Gasteiger partial charge in [0.05, 0.1) is 24.8 Å². The quantitative estimate of drug-likeness (QED) is 0.423. The van der Waals surface area contributed by atoms with Gasteiger partial charge in [0.25, 0.3) is 11.7 Å². The third kappa shape index (κ3) is 4.28. The van der Waals surface area contributed by atoms with Crippen molar-refractivity contribution in [2.45, 2.75) is 13.0 Å². The van der Waals surface area contributed by atoms with E-state index >= 15 is 0 Å². The molecular weight excluding hydrogens is 394 g/mol. The number of carbonyl (C=O) groups is 2. The standard InChI is InChI=1S/C22H22ClNO5/c1-3-29-17-10-6-14(7-11-17)19-18(20(25)15-4-8-16(23)9-5-15)21(26)22(27)24(19)12-13-28-2/h4-11,19,25H,3,12-13H2,1-2H3/b20-18-. The number of nitrogens with zero attached hydrogens (tertiary/aromatic N) is 1. The van der Waals surface area contributed by atoms with Crippen LogP contribution in [0.3, 0.4) is 0 Å². The summed E-state index contributed by atoms with van der Waals surface area (Å²) in [7, 11) is 1.52. The van der Waals surface area contributed by atoms with E-state index in [9.17, 15) is 14.7 Å². The molecule has 0 bridgehead atoms. The van der Waals surface area contributed by atoms with Gasteiger partial charge < -0.3 is 19.5 Å². The number of hydrogen-bond donors (Lipinski definition) is 1. The zero-order valence-electron chi connectivity index (χ0n) is 16.2. The normalized spacial score (nSPS) is 18.3. The molecule has 1 saturated heterocycles. The average Bonchev–Trinajstić information content (AvgIpc) is 2.98. The van der Waals surface area contributed by atoms with Crippen molar-refractivity contribution < 1.29 is 24.2 Å². The van der Waals surface area contributed by atoms with Crippen LogP contribution in [0.4, 0.5) is 0 Å². The lowest BCUT2D eigenvalue weighted by atomic mass is 9.95. The summed E-state index contributed by atoms with van der Waals surface area (Å²) in [6, 6.07) is 12.8. The maximum Gasteiger partial charge on any atom is 0.295 e. The van der Waals surface area contributed by atoms with Gasteiger partial charge in [0, 0.05) is 24.2 Å². The van der Waals surface area contributed by atoms with E-state index in [2.05, 4.69) is 0 Å². The van der Waals surface area contributed by atoms with E-state index in [1.54, 1.807) is 48.5 Å². The van der Waals surface area contributed by atoms with Crippen LogP contribution in [0.2, 0.25) is 5.02 Å². The van der Waals surface area contributed by atoms with Crippen molar-refractivity contribution in [1.82, 2.24) is 4.90 Å². The smallest absolute Gasteiger partial charge is 0.295 e. The summed E-state index contributed by atoms with van der Waals surface area (Å²) in [5, 5.41) is 11.4. The van der Waals surface area contributed by atoms with Crippen LogP contribution in [-0.4, -0.2) is 48.6 Å². The second kappa shape index (κ2) is 9.11. The minimum Gasteiger partial charge on any atom is -0.507 e. The lowest BCUT2D eigenvalue weighted by Crippen LogP contribution is -2.32. The third-order valence-corrected chi connectivity index (χ3v) is 4.95. The summed E-state index contributed by atoms with van der Waals surface area (Å²) < 4.78 is 10.6. The average molecular weight is 416 g/mol. The molecule has 0 aromatic heterocycles. The van der Waals surface area contributed by atoms with E-state index in [-0.39, 0.29) is 24.5 Å². The number of likely N-dealkylation sites (tertiary alicyclic amines) is 1. The molecule has 1 N–H and O–H groups in total. The molecule has 152 valence electrons. The fraction of sp³-hybridized carbons (Fsp3) is 0.273. The van der Waals surface area contributed by atoms with Crippen LogP contribution >= 0.6 is 11.6 Å². The van der Waals surface area contributed by atoms with Crippen LogP contribution in [0.1, 0.15) is 24.1 Å². The summed E-state index contributed by atoms with van der Waals surface area (Å²) in [6.45, 7) is 2.90.